The predicted octanol–water partition coefficient (Wildman–Crippen LogP) is 2.43. The fraction of sp³-hybridized carbons (Fsp3) is 0.471. The molecule has 6 heteroatoms. The molecule has 0 aliphatic heterocycles. The minimum Gasteiger partial charge on any atom is -0.550 e. The van der Waals surface area contributed by atoms with Gasteiger partial charge in [-0.2, -0.15) is 0 Å². The number of aromatic nitrogens is 1. The summed E-state index contributed by atoms with van der Waals surface area (Å²) in [6.45, 7) is 5.34. The summed E-state index contributed by atoms with van der Waals surface area (Å²) in [4.78, 5) is 28.6. The van der Waals surface area contributed by atoms with Crippen molar-refractivity contribution >= 4 is 38.6 Å². The summed E-state index contributed by atoms with van der Waals surface area (Å²) in [5, 5.41) is 14.9. The van der Waals surface area contributed by atoms with Crippen molar-refractivity contribution in [1.29, 1.82) is 0 Å². The van der Waals surface area contributed by atoms with Crippen LogP contribution in [0.2, 0.25) is 0 Å². The zero-order chi connectivity index (χ0) is 16.8. The van der Waals surface area contributed by atoms with Crippen molar-refractivity contribution in [2.24, 2.45) is 16.7 Å². The van der Waals surface area contributed by atoms with Gasteiger partial charge in [-0.1, -0.05) is 44.2 Å². The Morgan fingerprint density at radius 2 is 2.00 bits per heavy atom. The molecule has 0 saturated heterocycles. The van der Waals surface area contributed by atoms with Crippen LogP contribution < -0.4 is 10.4 Å². The minimum atomic E-state index is -1.09. The van der Waals surface area contributed by atoms with Crippen LogP contribution in [-0.2, 0) is 9.59 Å². The summed E-state index contributed by atoms with van der Waals surface area (Å²) in [5.74, 6) is -1.63. The molecular weight excluding hydrogens is 312 g/mol. The van der Waals surface area contributed by atoms with Crippen LogP contribution in [0.1, 0.15) is 33.6 Å². The van der Waals surface area contributed by atoms with Crippen LogP contribution in [0.15, 0.2) is 24.3 Å². The van der Waals surface area contributed by atoms with E-state index in [1.165, 1.54) is 11.3 Å². The number of benzene rings is 1. The maximum absolute atomic E-state index is 12.7. The van der Waals surface area contributed by atoms with E-state index < -0.39 is 16.8 Å². The summed E-state index contributed by atoms with van der Waals surface area (Å²) >= 11 is 1.42. The van der Waals surface area contributed by atoms with Crippen molar-refractivity contribution in [1.82, 2.24) is 4.98 Å². The largest absolute Gasteiger partial charge is 0.550 e. The van der Waals surface area contributed by atoms with E-state index in [2.05, 4.69) is 10.3 Å². The van der Waals surface area contributed by atoms with Crippen molar-refractivity contribution in [2.75, 3.05) is 5.32 Å². The number of anilines is 1. The van der Waals surface area contributed by atoms with E-state index in [1.54, 1.807) is 6.92 Å². The second kappa shape index (κ2) is 5.30. The minimum absolute atomic E-state index is 0.168. The third kappa shape index (κ3) is 2.41. The van der Waals surface area contributed by atoms with Gasteiger partial charge in [0.25, 0.3) is 0 Å². The zero-order valence-electron chi connectivity index (χ0n) is 13.4. The molecule has 1 aromatic heterocycles. The third-order valence-corrected chi connectivity index (χ3v) is 6.47. The number of nitrogens with one attached hydrogen (secondary N) is 1. The van der Waals surface area contributed by atoms with Crippen LogP contribution in [0.4, 0.5) is 5.13 Å². The Balaban J connectivity index is 1.82. The molecule has 0 spiro atoms. The Bertz CT molecular complexity index is 750. The zero-order valence-corrected chi connectivity index (χ0v) is 14.2. The Morgan fingerprint density at radius 1 is 1.30 bits per heavy atom. The van der Waals surface area contributed by atoms with Crippen molar-refractivity contribution in [3.8, 4) is 0 Å². The Labute approximate surface area is 138 Å². The van der Waals surface area contributed by atoms with Gasteiger partial charge in [0, 0.05) is 17.3 Å². The van der Waals surface area contributed by atoms with Gasteiger partial charge in [-0.15, -0.1) is 0 Å². The molecule has 2 aromatic rings. The lowest BCUT2D eigenvalue weighted by molar-refractivity contribution is -0.323. The molecule has 0 bridgehead atoms. The van der Waals surface area contributed by atoms with Gasteiger partial charge >= 0.3 is 0 Å². The van der Waals surface area contributed by atoms with Gasteiger partial charge in [-0.25, -0.2) is 4.98 Å². The molecule has 2 atom stereocenters. The number of para-hydroxylation sites is 1. The molecule has 5 nitrogen and oxygen atoms in total. The van der Waals surface area contributed by atoms with Gasteiger partial charge in [0.05, 0.1) is 10.2 Å². The standard InChI is InChI=1S/C17H20N2O3S/c1-16(2)10(8-9-17(16,3)14(21)22)13(20)19-15-18-11-6-4-5-7-12(11)23-15/h4-7,10H,8-9H2,1-3H3,(H,21,22)(H,18,19,20)/p-1/t10-,17-/m0/s1. The first-order valence-corrected chi connectivity index (χ1v) is 8.45. The van der Waals surface area contributed by atoms with Gasteiger partial charge in [0.1, 0.15) is 0 Å². The molecule has 1 fully saturated rings. The van der Waals surface area contributed by atoms with Crippen LogP contribution >= 0.6 is 11.3 Å². The molecule has 1 heterocycles. The first-order valence-electron chi connectivity index (χ1n) is 7.63. The molecule has 1 aliphatic carbocycles. The molecule has 122 valence electrons. The second-order valence-electron chi connectivity index (χ2n) is 6.91. The first kappa shape index (κ1) is 15.9. The SMILES string of the molecule is CC1(C)[C@H](C(=O)Nc2nc3ccccc3s2)CC[C@@]1(C)C(=O)[O-]. The van der Waals surface area contributed by atoms with Gasteiger partial charge in [-0.3, -0.25) is 4.79 Å². The average molecular weight is 331 g/mol. The van der Waals surface area contributed by atoms with E-state index in [0.29, 0.717) is 18.0 Å². The van der Waals surface area contributed by atoms with Crippen molar-refractivity contribution in [3.63, 3.8) is 0 Å². The van der Waals surface area contributed by atoms with E-state index in [1.807, 2.05) is 38.1 Å². The van der Waals surface area contributed by atoms with Crippen LogP contribution in [0.25, 0.3) is 10.2 Å². The van der Waals surface area contributed by atoms with Gasteiger partial charge in [0.2, 0.25) is 5.91 Å². The number of thiazole rings is 1. The Morgan fingerprint density at radius 3 is 2.61 bits per heavy atom. The van der Waals surface area contributed by atoms with E-state index >= 15 is 0 Å². The molecule has 1 N–H and O–H groups in total. The molecule has 1 saturated carbocycles. The lowest BCUT2D eigenvalue weighted by atomic mass is 9.65. The Kier molecular flexibility index (Phi) is 3.67. The number of hydrogen-bond donors (Lipinski definition) is 1. The number of carbonyl (C=O) groups excluding carboxylic acids is 2. The fourth-order valence-corrected chi connectivity index (χ4v) is 4.31. The highest BCUT2D eigenvalue weighted by molar-refractivity contribution is 7.22. The number of rotatable bonds is 3. The fourth-order valence-electron chi connectivity index (χ4n) is 3.44. The van der Waals surface area contributed by atoms with Crippen molar-refractivity contribution in [2.45, 2.75) is 33.6 Å². The number of aliphatic carboxylic acids is 1. The number of carbonyl (C=O) groups is 2. The number of hydrogen-bond acceptors (Lipinski definition) is 5. The van der Waals surface area contributed by atoms with Crippen molar-refractivity contribution in [3.05, 3.63) is 24.3 Å². The number of carboxylic acids is 1. The van der Waals surface area contributed by atoms with Gasteiger partial charge in [0.15, 0.2) is 5.13 Å². The van der Waals surface area contributed by atoms with Gasteiger partial charge in [-0.05, 0) is 30.4 Å². The molecule has 23 heavy (non-hydrogen) atoms. The highest BCUT2D eigenvalue weighted by Gasteiger charge is 2.54. The molecule has 0 radical (unpaired) electrons. The van der Waals surface area contributed by atoms with Crippen molar-refractivity contribution < 1.29 is 14.7 Å². The number of amides is 1. The summed E-state index contributed by atoms with van der Waals surface area (Å²) in [7, 11) is 0. The van der Waals surface area contributed by atoms with Crippen LogP contribution in [-0.4, -0.2) is 16.9 Å². The highest BCUT2D eigenvalue weighted by atomic mass is 32.1. The third-order valence-electron chi connectivity index (χ3n) is 5.52. The summed E-state index contributed by atoms with van der Waals surface area (Å²) in [5.41, 5.74) is -0.826. The Hall–Kier alpha value is -1.95. The summed E-state index contributed by atoms with van der Waals surface area (Å²) in [6, 6.07) is 7.68. The lowest BCUT2D eigenvalue weighted by Gasteiger charge is -2.41. The first-order chi connectivity index (χ1) is 10.8. The average Bonchev–Trinajstić information content (AvgIpc) is 2.98. The monoisotopic (exact) mass is 331 g/mol. The van der Waals surface area contributed by atoms with E-state index in [0.717, 1.165) is 10.2 Å². The maximum Gasteiger partial charge on any atom is 0.229 e. The molecule has 1 amide bonds. The van der Waals surface area contributed by atoms with Gasteiger partial charge < -0.3 is 15.2 Å². The second-order valence-corrected chi connectivity index (χ2v) is 7.94. The number of carboxylic acid groups (broad SMARTS) is 1. The molecular formula is C17H19N2O3S-. The molecule has 3 rings (SSSR count). The quantitative estimate of drug-likeness (QED) is 0.936. The van der Waals surface area contributed by atoms with Crippen LogP contribution in [0, 0.1) is 16.7 Å². The molecule has 1 aliphatic rings. The highest BCUT2D eigenvalue weighted by Crippen LogP contribution is 2.55. The maximum atomic E-state index is 12.7. The van der Waals surface area contributed by atoms with Crippen LogP contribution in [0.3, 0.4) is 0 Å². The molecule has 0 unspecified atom stereocenters. The normalized spacial score (nSPS) is 26.3. The number of fused-ring (bicyclic) bond motifs is 1. The van der Waals surface area contributed by atoms with Crippen LogP contribution in [0.5, 0.6) is 0 Å². The lowest BCUT2D eigenvalue weighted by Crippen LogP contribution is -2.49. The smallest absolute Gasteiger partial charge is 0.229 e. The van der Waals surface area contributed by atoms with E-state index in [-0.39, 0.29) is 11.8 Å². The number of nitrogens with zero attached hydrogens (tertiary/aromatic N) is 1. The van der Waals surface area contributed by atoms with E-state index in [4.69, 9.17) is 0 Å². The summed E-state index contributed by atoms with van der Waals surface area (Å²) < 4.78 is 1.01. The van der Waals surface area contributed by atoms with E-state index in [9.17, 15) is 14.7 Å². The molecule has 1 aromatic carbocycles. The topological polar surface area (TPSA) is 82.1 Å². The predicted molar refractivity (Wildman–Crippen MR) is 87.9 cm³/mol. The summed E-state index contributed by atoms with van der Waals surface area (Å²) in [6.07, 6.45) is 0.981.